The fourth-order valence-electron chi connectivity index (χ4n) is 3.62. The minimum atomic E-state index is -0.645. The maximum atomic E-state index is 10.5. The summed E-state index contributed by atoms with van der Waals surface area (Å²) in [5.74, 6) is 1.43. The Bertz CT molecular complexity index is 801. The highest BCUT2D eigenvalue weighted by atomic mass is 16.5. The lowest BCUT2D eigenvalue weighted by Gasteiger charge is -2.16. The number of hydrogen-bond donors (Lipinski definition) is 3. The van der Waals surface area contributed by atoms with Crippen LogP contribution in [0.4, 0.5) is 0 Å². The van der Waals surface area contributed by atoms with E-state index in [1.165, 1.54) is 37.1 Å². The molecule has 162 valence electrons. The van der Waals surface area contributed by atoms with E-state index in [4.69, 9.17) is 4.74 Å². The van der Waals surface area contributed by atoms with Crippen molar-refractivity contribution in [2.75, 3.05) is 33.3 Å². The normalized spacial score (nSPS) is 15.8. The van der Waals surface area contributed by atoms with Crippen molar-refractivity contribution in [2.45, 2.75) is 39.0 Å². The van der Waals surface area contributed by atoms with E-state index in [-0.39, 0.29) is 0 Å². The van der Waals surface area contributed by atoms with Gasteiger partial charge in [-0.3, -0.25) is 4.90 Å². The van der Waals surface area contributed by atoms with Gasteiger partial charge in [-0.2, -0.15) is 0 Å². The van der Waals surface area contributed by atoms with E-state index in [1.54, 1.807) is 7.11 Å². The Balaban J connectivity index is 1.53. The Kier molecular flexibility index (Phi) is 8.53. The summed E-state index contributed by atoms with van der Waals surface area (Å²) in [5.41, 5.74) is 3.34. The molecule has 30 heavy (non-hydrogen) atoms. The first-order valence-corrected chi connectivity index (χ1v) is 10.8. The maximum absolute atomic E-state index is 10.5. The second-order valence-electron chi connectivity index (χ2n) is 7.67. The fraction of sp³-hybridized carbons (Fsp3) is 0.458. The van der Waals surface area contributed by atoms with Gasteiger partial charge in [0.2, 0.25) is 0 Å². The fourth-order valence-corrected chi connectivity index (χ4v) is 3.62. The number of ether oxygens (including phenoxy) is 1. The summed E-state index contributed by atoms with van der Waals surface area (Å²) in [4.78, 5) is 7.17. The Morgan fingerprint density at radius 1 is 1.10 bits per heavy atom. The van der Waals surface area contributed by atoms with Gasteiger partial charge in [-0.05, 0) is 61.7 Å². The topological polar surface area (TPSA) is 69.1 Å². The number of guanidine groups is 1. The van der Waals surface area contributed by atoms with Gasteiger partial charge in [0.25, 0.3) is 0 Å². The average Bonchev–Trinajstić information content (AvgIpc) is 3.29. The lowest BCUT2D eigenvalue weighted by molar-refractivity contribution is 0.180. The zero-order valence-corrected chi connectivity index (χ0v) is 18.1. The van der Waals surface area contributed by atoms with Crippen LogP contribution in [0.2, 0.25) is 0 Å². The minimum absolute atomic E-state index is 0.369. The summed E-state index contributed by atoms with van der Waals surface area (Å²) < 4.78 is 5.23. The highest BCUT2D eigenvalue weighted by Gasteiger charge is 2.12. The van der Waals surface area contributed by atoms with Crippen molar-refractivity contribution in [1.82, 2.24) is 15.5 Å². The number of aliphatic imine (C=N–C) groups is 1. The van der Waals surface area contributed by atoms with Crippen molar-refractivity contribution < 1.29 is 9.84 Å². The molecule has 0 spiro atoms. The van der Waals surface area contributed by atoms with Crippen LogP contribution >= 0.6 is 0 Å². The molecule has 1 atom stereocenters. The van der Waals surface area contributed by atoms with Crippen LogP contribution in [0.15, 0.2) is 53.5 Å². The number of hydrogen-bond acceptors (Lipinski definition) is 4. The third kappa shape index (κ3) is 6.75. The van der Waals surface area contributed by atoms with Crippen LogP contribution in [0.25, 0.3) is 0 Å². The molecule has 3 N–H and O–H groups in total. The molecule has 1 aliphatic heterocycles. The lowest BCUT2D eigenvalue weighted by atomic mass is 10.1. The average molecular weight is 411 g/mol. The van der Waals surface area contributed by atoms with Crippen LogP contribution in [0.3, 0.4) is 0 Å². The molecular formula is C24H34N4O2. The second-order valence-corrected chi connectivity index (χ2v) is 7.67. The zero-order valence-electron chi connectivity index (χ0n) is 18.1. The number of aliphatic hydroxyl groups excluding tert-OH is 1. The van der Waals surface area contributed by atoms with Gasteiger partial charge in [0.05, 0.1) is 19.8 Å². The maximum Gasteiger partial charge on any atom is 0.191 e. The molecule has 1 fully saturated rings. The molecule has 0 bridgehead atoms. The van der Waals surface area contributed by atoms with Gasteiger partial charge >= 0.3 is 0 Å². The molecule has 0 aromatic heterocycles. The Morgan fingerprint density at radius 2 is 1.83 bits per heavy atom. The first-order chi connectivity index (χ1) is 14.7. The summed E-state index contributed by atoms with van der Waals surface area (Å²) in [7, 11) is 1.62. The van der Waals surface area contributed by atoms with Crippen molar-refractivity contribution in [3.8, 4) is 5.75 Å². The van der Waals surface area contributed by atoms with E-state index in [9.17, 15) is 5.11 Å². The van der Waals surface area contributed by atoms with E-state index >= 15 is 0 Å². The van der Waals surface area contributed by atoms with Crippen molar-refractivity contribution in [1.29, 1.82) is 0 Å². The molecule has 0 saturated carbocycles. The molecule has 6 nitrogen and oxygen atoms in total. The monoisotopic (exact) mass is 410 g/mol. The third-order valence-corrected chi connectivity index (χ3v) is 5.33. The highest BCUT2D eigenvalue weighted by Crippen LogP contribution is 2.18. The Morgan fingerprint density at radius 3 is 2.53 bits per heavy atom. The van der Waals surface area contributed by atoms with Gasteiger partial charge in [-0.25, -0.2) is 4.99 Å². The van der Waals surface area contributed by atoms with Crippen LogP contribution < -0.4 is 15.4 Å². The first-order valence-electron chi connectivity index (χ1n) is 10.8. The van der Waals surface area contributed by atoms with Crippen LogP contribution in [-0.2, 0) is 13.1 Å². The predicted octanol–water partition coefficient (Wildman–Crippen LogP) is 3.08. The molecule has 3 rings (SSSR count). The lowest BCUT2D eigenvalue weighted by Crippen LogP contribution is -2.39. The Hall–Kier alpha value is -2.57. The van der Waals surface area contributed by atoms with Gasteiger partial charge in [-0.1, -0.05) is 36.4 Å². The summed E-state index contributed by atoms with van der Waals surface area (Å²) >= 11 is 0. The van der Waals surface area contributed by atoms with Gasteiger partial charge in [0.1, 0.15) is 5.75 Å². The second kappa shape index (κ2) is 11.6. The summed E-state index contributed by atoms with van der Waals surface area (Å²) in [6, 6.07) is 16.2. The van der Waals surface area contributed by atoms with Gasteiger partial charge in [-0.15, -0.1) is 0 Å². The molecule has 0 amide bonds. The van der Waals surface area contributed by atoms with Gasteiger partial charge in [0.15, 0.2) is 5.96 Å². The zero-order chi connectivity index (χ0) is 21.2. The van der Waals surface area contributed by atoms with Crippen LogP contribution in [0, 0.1) is 0 Å². The van der Waals surface area contributed by atoms with Crippen molar-refractivity contribution in [2.24, 2.45) is 4.99 Å². The SMILES string of the molecule is CCNC(=NCc1ccc(CN2CCCC2)cc1)NCC(O)c1cccc(OC)c1. The molecular weight excluding hydrogens is 376 g/mol. The number of methoxy groups -OCH3 is 1. The largest absolute Gasteiger partial charge is 0.497 e. The quantitative estimate of drug-likeness (QED) is 0.438. The van der Waals surface area contributed by atoms with Crippen molar-refractivity contribution in [3.63, 3.8) is 0 Å². The van der Waals surface area contributed by atoms with Crippen molar-refractivity contribution in [3.05, 3.63) is 65.2 Å². The molecule has 1 unspecified atom stereocenters. The number of rotatable bonds is 9. The molecule has 2 aromatic carbocycles. The van der Waals surface area contributed by atoms with E-state index < -0.39 is 6.10 Å². The highest BCUT2D eigenvalue weighted by molar-refractivity contribution is 5.79. The van der Waals surface area contributed by atoms with E-state index in [1.807, 2.05) is 31.2 Å². The molecule has 1 saturated heterocycles. The van der Waals surface area contributed by atoms with Gasteiger partial charge < -0.3 is 20.5 Å². The number of aliphatic hydroxyl groups is 1. The Labute approximate surface area is 180 Å². The third-order valence-electron chi connectivity index (χ3n) is 5.33. The smallest absolute Gasteiger partial charge is 0.191 e. The molecule has 0 radical (unpaired) electrons. The molecule has 1 aliphatic rings. The van der Waals surface area contributed by atoms with Gasteiger partial charge in [0, 0.05) is 19.6 Å². The van der Waals surface area contributed by atoms with E-state index in [2.05, 4.69) is 44.8 Å². The number of likely N-dealkylation sites (tertiary alicyclic amines) is 1. The number of nitrogens with one attached hydrogen (secondary N) is 2. The van der Waals surface area contributed by atoms with E-state index in [0.29, 0.717) is 19.0 Å². The molecule has 0 aliphatic carbocycles. The summed E-state index contributed by atoms with van der Waals surface area (Å²) in [6.45, 7) is 7.22. The van der Waals surface area contributed by atoms with Crippen LogP contribution in [0.1, 0.15) is 42.6 Å². The van der Waals surface area contributed by atoms with Crippen molar-refractivity contribution >= 4 is 5.96 Å². The summed E-state index contributed by atoms with van der Waals surface area (Å²) in [6.07, 6.45) is 1.99. The van der Waals surface area contributed by atoms with Crippen LogP contribution in [-0.4, -0.2) is 49.3 Å². The molecule has 2 aromatic rings. The number of nitrogens with zero attached hydrogens (tertiary/aromatic N) is 2. The minimum Gasteiger partial charge on any atom is -0.497 e. The number of benzene rings is 2. The predicted molar refractivity (Wildman–Crippen MR) is 122 cm³/mol. The van der Waals surface area contributed by atoms with Crippen LogP contribution in [0.5, 0.6) is 5.75 Å². The standard InChI is InChI=1S/C24H34N4O2/c1-3-25-24(27-17-23(29)21-7-6-8-22(15-21)30-2)26-16-19-9-11-20(12-10-19)18-28-13-4-5-14-28/h6-12,15,23,29H,3-5,13-14,16-18H2,1-2H3,(H2,25,26,27). The molecule has 1 heterocycles. The summed E-state index contributed by atoms with van der Waals surface area (Å²) in [5, 5.41) is 17.0. The molecule has 6 heteroatoms. The first kappa shape index (κ1) is 22.1. The van der Waals surface area contributed by atoms with E-state index in [0.717, 1.165) is 24.4 Å².